The second kappa shape index (κ2) is 14.4. The standard InChI is InChI=1S/C37H45FN4O6S/c1-24(2)39-37(45)41-18-16-28(17-19-41)48-34-22-32-35(21-29(34)26-14-15-31(38)30(20-26)36(43)44)49(46,47)40(3)33(25-10-6-4-7-11-25)23-42(32)27-12-8-5-9-13-27/h5,8-9,12-15,20-22,24-25,28,33H,4,6-7,10-11,16-19,23H2,1-3H3,(H,39,45)(H,43,44)/t33-/m0/s1. The van der Waals surface area contributed by atoms with Gasteiger partial charge in [-0.2, -0.15) is 4.31 Å². The number of benzene rings is 3. The molecule has 2 fully saturated rings. The quantitative estimate of drug-likeness (QED) is 0.277. The highest BCUT2D eigenvalue weighted by molar-refractivity contribution is 7.89. The number of halogens is 1. The van der Waals surface area contributed by atoms with Gasteiger partial charge in [-0.25, -0.2) is 22.4 Å². The number of piperidine rings is 1. The minimum atomic E-state index is -4.04. The first-order valence-electron chi connectivity index (χ1n) is 17.2. The van der Waals surface area contributed by atoms with Crippen molar-refractivity contribution in [3.8, 4) is 16.9 Å². The number of fused-ring (bicyclic) bond motifs is 1. The molecule has 1 saturated carbocycles. The van der Waals surface area contributed by atoms with Crippen molar-refractivity contribution in [1.29, 1.82) is 0 Å². The average molecular weight is 693 g/mol. The summed E-state index contributed by atoms with van der Waals surface area (Å²) in [6.07, 6.45) is 5.94. The molecule has 0 aromatic heterocycles. The molecule has 12 heteroatoms. The van der Waals surface area contributed by atoms with Crippen molar-refractivity contribution in [2.45, 2.75) is 81.9 Å². The molecule has 2 aliphatic heterocycles. The highest BCUT2D eigenvalue weighted by atomic mass is 32.2. The number of carboxylic acids is 1. The Morgan fingerprint density at radius 3 is 2.31 bits per heavy atom. The van der Waals surface area contributed by atoms with Gasteiger partial charge in [0, 0.05) is 68.9 Å². The summed E-state index contributed by atoms with van der Waals surface area (Å²) in [6.45, 7) is 5.21. The minimum absolute atomic E-state index is 0.00982. The molecule has 6 rings (SSSR count). The highest BCUT2D eigenvalue weighted by Crippen LogP contribution is 2.46. The van der Waals surface area contributed by atoms with Gasteiger partial charge in [-0.3, -0.25) is 0 Å². The summed E-state index contributed by atoms with van der Waals surface area (Å²) >= 11 is 0. The number of nitrogens with zero attached hydrogens (tertiary/aromatic N) is 3. The number of nitrogens with one attached hydrogen (secondary N) is 1. The van der Waals surface area contributed by atoms with Crippen LogP contribution < -0.4 is 15.0 Å². The SMILES string of the molecule is CC(C)NC(=O)N1CCC(Oc2cc3c(cc2-c2ccc(F)c(C(=O)O)c2)S(=O)(=O)N(C)[C@H](C2CCCCC2)CN3c2ccccc2)CC1. The molecule has 3 aliphatic rings. The number of hydrogen-bond acceptors (Lipinski definition) is 6. The summed E-state index contributed by atoms with van der Waals surface area (Å²) in [6, 6.07) is 16.3. The van der Waals surface area contributed by atoms with E-state index in [1.807, 2.05) is 44.2 Å². The fourth-order valence-electron chi connectivity index (χ4n) is 7.39. The second-order valence-corrected chi connectivity index (χ2v) is 15.6. The van der Waals surface area contributed by atoms with Gasteiger partial charge in [-0.1, -0.05) is 43.5 Å². The van der Waals surface area contributed by atoms with Crippen LogP contribution >= 0.6 is 0 Å². The van der Waals surface area contributed by atoms with E-state index in [0.717, 1.165) is 43.9 Å². The third kappa shape index (κ3) is 7.26. The lowest BCUT2D eigenvalue weighted by molar-refractivity contribution is 0.0691. The maximum atomic E-state index is 14.6. The fourth-order valence-corrected chi connectivity index (χ4v) is 9.00. The molecule has 2 heterocycles. The Labute approximate surface area is 287 Å². The molecule has 0 radical (unpaired) electrons. The van der Waals surface area contributed by atoms with Crippen LogP contribution in [0.15, 0.2) is 65.6 Å². The summed E-state index contributed by atoms with van der Waals surface area (Å²) in [4.78, 5) is 28.5. The number of carbonyl (C=O) groups is 2. The van der Waals surface area contributed by atoms with Crippen molar-refractivity contribution < 1.29 is 32.2 Å². The molecule has 10 nitrogen and oxygen atoms in total. The van der Waals surface area contributed by atoms with Crippen LogP contribution in [0.25, 0.3) is 11.1 Å². The second-order valence-electron chi connectivity index (χ2n) is 13.7. The van der Waals surface area contributed by atoms with E-state index in [4.69, 9.17) is 4.74 Å². The Kier molecular flexibility index (Phi) is 10.2. The van der Waals surface area contributed by atoms with Gasteiger partial charge < -0.3 is 25.0 Å². The molecular formula is C37H45FN4O6S. The van der Waals surface area contributed by atoms with E-state index in [2.05, 4.69) is 10.2 Å². The topological polar surface area (TPSA) is 119 Å². The lowest BCUT2D eigenvalue weighted by Crippen LogP contribution is -2.48. The monoisotopic (exact) mass is 692 g/mol. The van der Waals surface area contributed by atoms with Crippen LogP contribution in [0, 0.1) is 11.7 Å². The van der Waals surface area contributed by atoms with Crippen LogP contribution in [0.2, 0.25) is 0 Å². The number of para-hydroxylation sites is 1. The van der Waals surface area contributed by atoms with Crippen molar-refractivity contribution in [1.82, 2.24) is 14.5 Å². The number of likely N-dealkylation sites (tertiary alicyclic amines) is 1. The predicted octanol–water partition coefficient (Wildman–Crippen LogP) is 6.87. The van der Waals surface area contributed by atoms with Crippen LogP contribution in [0.3, 0.4) is 0 Å². The molecule has 1 atom stereocenters. The van der Waals surface area contributed by atoms with Gasteiger partial charge in [-0.15, -0.1) is 0 Å². The maximum absolute atomic E-state index is 14.6. The summed E-state index contributed by atoms with van der Waals surface area (Å²) in [5, 5.41) is 12.7. The van der Waals surface area contributed by atoms with Gasteiger partial charge in [0.2, 0.25) is 10.0 Å². The Hall–Kier alpha value is -4.16. The molecule has 262 valence electrons. The Morgan fingerprint density at radius 2 is 1.65 bits per heavy atom. The average Bonchev–Trinajstić information content (AvgIpc) is 3.17. The molecule has 0 spiro atoms. The first kappa shape index (κ1) is 34.7. The number of carboxylic acid groups (broad SMARTS) is 1. The first-order valence-corrected chi connectivity index (χ1v) is 18.6. The summed E-state index contributed by atoms with van der Waals surface area (Å²) in [7, 11) is -2.39. The number of rotatable bonds is 7. The lowest BCUT2D eigenvalue weighted by Gasteiger charge is -2.37. The van der Waals surface area contributed by atoms with E-state index in [1.54, 1.807) is 24.1 Å². The Morgan fingerprint density at radius 1 is 0.959 bits per heavy atom. The normalized spacial score (nSPS) is 20.5. The number of hydrogen-bond donors (Lipinski definition) is 2. The molecule has 2 amide bonds. The largest absolute Gasteiger partial charge is 0.490 e. The Balaban J connectivity index is 1.47. The number of aromatic carboxylic acids is 1. The summed E-state index contributed by atoms with van der Waals surface area (Å²) < 4.78 is 52.0. The van der Waals surface area contributed by atoms with Gasteiger partial charge in [0.05, 0.1) is 11.3 Å². The third-order valence-electron chi connectivity index (χ3n) is 10.1. The van der Waals surface area contributed by atoms with E-state index >= 15 is 0 Å². The molecule has 0 unspecified atom stereocenters. The van der Waals surface area contributed by atoms with Crippen LogP contribution in [-0.4, -0.2) is 79.6 Å². The zero-order chi connectivity index (χ0) is 34.9. The van der Waals surface area contributed by atoms with Crippen LogP contribution in [0.4, 0.5) is 20.6 Å². The maximum Gasteiger partial charge on any atom is 0.338 e. The fraction of sp³-hybridized carbons (Fsp3) is 0.459. The van der Waals surface area contributed by atoms with Gasteiger partial charge in [0.25, 0.3) is 0 Å². The van der Waals surface area contributed by atoms with Gasteiger partial charge >= 0.3 is 12.0 Å². The molecule has 3 aromatic carbocycles. The lowest BCUT2D eigenvalue weighted by atomic mass is 9.83. The first-order chi connectivity index (χ1) is 23.4. The number of ether oxygens (including phenoxy) is 1. The van der Waals surface area contributed by atoms with E-state index in [0.29, 0.717) is 55.0 Å². The number of sulfonamides is 1. The molecule has 2 N–H and O–H groups in total. The molecule has 3 aromatic rings. The minimum Gasteiger partial charge on any atom is -0.490 e. The van der Waals surface area contributed by atoms with Crippen LogP contribution in [0.5, 0.6) is 5.75 Å². The van der Waals surface area contributed by atoms with E-state index in [-0.39, 0.29) is 35.0 Å². The third-order valence-corrected chi connectivity index (χ3v) is 12.0. The summed E-state index contributed by atoms with van der Waals surface area (Å²) in [5.41, 5.74) is 1.45. The van der Waals surface area contributed by atoms with E-state index in [1.165, 1.54) is 16.4 Å². The van der Waals surface area contributed by atoms with E-state index < -0.39 is 27.4 Å². The van der Waals surface area contributed by atoms with Crippen LogP contribution in [-0.2, 0) is 10.0 Å². The molecular weight excluding hydrogens is 647 g/mol. The Bertz CT molecular complexity index is 1790. The van der Waals surface area contributed by atoms with Crippen molar-refractivity contribution in [2.24, 2.45) is 5.92 Å². The number of anilines is 2. The number of carbonyl (C=O) groups excluding carboxylic acids is 1. The smallest absolute Gasteiger partial charge is 0.338 e. The zero-order valence-corrected chi connectivity index (χ0v) is 29.1. The van der Waals surface area contributed by atoms with Gasteiger partial charge in [-0.05, 0) is 68.5 Å². The number of likely N-dealkylation sites (N-methyl/N-ethyl adjacent to an activating group) is 1. The number of urea groups is 1. The molecule has 0 bridgehead atoms. The van der Waals surface area contributed by atoms with Crippen molar-refractivity contribution in [3.05, 3.63) is 72.0 Å². The van der Waals surface area contributed by atoms with Crippen molar-refractivity contribution in [3.63, 3.8) is 0 Å². The van der Waals surface area contributed by atoms with Crippen molar-refractivity contribution in [2.75, 3.05) is 31.6 Å². The van der Waals surface area contributed by atoms with Gasteiger partial charge in [0.15, 0.2) is 0 Å². The highest BCUT2D eigenvalue weighted by Gasteiger charge is 2.41. The van der Waals surface area contributed by atoms with Crippen LogP contribution in [0.1, 0.15) is 69.2 Å². The van der Waals surface area contributed by atoms with Gasteiger partial charge in [0.1, 0.15) is 22.6 Å². The molecule has 49 heavy (non-hydrogen) atoms. The molecule has 1 aliphatic carbocycles. The number of amides is 2. The zero-order valence-electron chi connectivity index (χ0n) is 28.3. The predicted molar refractivity (Wildman–Crippen MR) is 186 cm³/mol. The summed E-state index contributed by atoms with van der Waals surface area (Å²) in [5.74, 6) is -1.76. The van der Waals surface area contributed by atoms with E-state index in [9.17, 15) is 27.5 Å². The molecule has 1 saturated heterocycles. The van der Waals surface area contributed by atoms with Crippen molar-refractivity contribution >= 4 is 33.4 Å².